The summed E-state index contributed by atoms with van der Waals surface area (Å²) in [7, 11) is 0. The van der Waals surface area contributed by atoms with Crippen LogP contribution in [0, 0.1) is 0 Å². The molecule has 0 atom stereocenters. The smallest absolute Gasteiger partial charge is 0.547 e. The van der Waals surface area contributed by atoms with Gasteiger partial charge in [-0.05, 0) is 71.2 Å². The largest absolute Gasteiger partial charge is 1.00 e. The fourth-order valence-corrected chi connectivity index (χ4v) is 2.31. The number of carboxylic acids is 1. The molecule has 0 spiro atoms. The molecule has 0 aromatic heterocycles. The van der Waals surface area contributed by atoms with E-state index in [-0.39, 0.29) is 63.0 Å². The molecule has 0 fully saturated rings. The number of hydrogen-bond donors (Lipinski definition) is 2. The van der Waals surface area contributed by atoms with E-state index in [1.165, 1.54) is 25.0 Å². The van der Waals surface area contributed by atoms with Crippen LogP contribution in [0.2, 0.25) is 0 Å². The molecule has 0 saturated carbocycles. The number of amides is 2. The van der Waals surface area contributed by atoms with Crippen LogP contribution in [0.4, 0.5) is 4.79 Å². The number of allylic oxidation sites excluding steroid dienone is 3. The Labute approximate surface area is 221 Å². The minimum atomic E-state index is -1.84. The average Bonchev–Trinajstić information content (AvgIpc) is 2.65. The van der Waals surface area contributed by atoms with Gasteiger partial charge in [-0.3, -0.25) is 5.21 Å². The maximum atomic E-state index is 12.0. The Kier molecular flexibility index (Phi) is 13.5. The molecule has 160 valence electrons. The Bertz CT molecular complexity index is 771. The quantitative estimate of drug-likeness (QED) is 0.233. The van der Waals surface area contributed by atoms with E-state index in [1.54, 1.807) is 18.2 Å². The first-order chi connectivity index (χ1) is 13.5. The third-order valence-corrected chi connectivity index (χ3v) is 4.34. The van der Waals surface area contributed by atoms with E-state index < -0.39 is 17.5 Å². The van der Waals surface area contributed by atoms with Crippen LogP contribution in [0.15, 0.2) is 47.6 Å². The molecule has 0 aliphatic rings. The normalized spacial score (nSPS) is 11.2. The van der Waals surface area contributed by atoms with E-state index in [0.29, 0.717) is 12.4 Å². The van der Waals surface area contributed by atoms with Crippen molar-refractivity contribution in [1.82, 2.24) is 10.4 Å². The van der Waals surface area contributed by atoms with Gasteiger partial charge in [0.25, 0.3) is 0 Å². The third kappa shape index (κ3) is 10.2. The minimum absolute atomic E-state index is 0. The Hall–Kier alpha value is -1.16. The molecule has 0 aliphatic heterocycles. The summed E-state index contributed by atoms with van der Waals surface area (Å²) in [5.74, 6) is -0.907. The van der Waals surface area contributed by atoms with Crippen molar-refractivity contribution >= 4 is 12.0 Å². The van der Waals surface area contributed by atoms with Crippen LogP contribution in [0.5, 0.6) is 5.75 Å². The Morgan fingerprint density at radius 3 is 2.50 bits per heavy atom. The second-order valence-electron chi connectivity index (χ2n) is 7.65. The van der Waals surface area contributed by atoms with Gasteiger partial charge in [-0.2, -0.15) is 5.06 Å². The van der Waals surface area contributed by atoms with E-state index in [9.17, 15) is 19.9 Å². The number of aliphatic carboxylic acids is 1. The molecule has 0 bridgehead atoms. The molecule has 0 aliphatic carbocycles. The molecule has 1 aromatic carbocycles. The first kappa shape index (κ1) is 28.8. The average molecular weight is 443 g/mol. The van der Waals surface area contributed by atoms with Gasteiger partial charge in [0, 0.05) is 6.54 Å². The second-order valence-corrected chi connectivity index (χ2v) is 7.65. The van der Waals surface area contributed by atoms with E-state index in [2.05, 4.69) is 32.2 Å². The fourth-order valence-electron chi connectivity index (χ4n) is 2.31. The molecule has 0 saturated heterocycles. The number of ether oxygens (including phenoxy) is 1. The predicted molar refractivity (Wildman–Crippen MR) is 109 cm³/mol. The Morgan fingerprint density at radius 2 is 1.90 bits per heavy atom. The summed E-state index contributed by atoms with van der Waals surface area (Å²) in [6.45, 7) is 9.13. The van der Waals surface area contributed by atoms with Gasteiger partial charge in [-0.15, -0.1) is 0 Å². The van der Waals surface area contributed by atoms with Crippen LogP contribution in [0.25, 0.3) is 0 Å². The molecule has 1 aromatic rings. The number of rotatable bonds is 10. The SMILES string of the molecule is CC(C)=CCC/C(C)=C/COc1cccc(CNC(=O)N(O)C(C)(C)C(=O)[O-])c1.[K+]. The van der Waals surface area contributed by atoms with Gasteiger partial charge >= 0.3 is 57.4 Å². The molecule has 0 unspecified atom stereocenters. The molecule has 7 nitrogen and oxygen atoms in total. The third-order valence-electron chi connectivity index (χ3n) is 4.34. The van der Waals surface area contributed by atoms with Gasteiger partial charge < -0.3 is 20.0 Å². The van der Waals surface area contributed by atoms with Crippen molar-refractivity contribution in [1.29, 1.82) is 0 Å². The van der Waals surface area contributed by atoms with Gasteiger partial charge in [0.15, 0.2) is 0 Å². The number of nitrogens with zero attached hydrogens (tertiary/aromatic N) is 1. The summed E-state index contributed by atoms with van der Waals surface area (Å²) in [6, 6.07) is 6.25. The van der Waals surface area contributed by atoms with Crippen molar-refractivity contribution < 1.29 is 76.0 Å². The first-order valence-corrected chi connectivity index (χ1v) is 9.53. The molecule has 8 heteroatoms. The summed E-state index contributed by atoms with van der Waals surface area (Å²) in [5, 5.41) is 23.4. The number of carbonyl (C=O) groups is 2. The van der Waals surface area contributed by atoms with E-state index in [1.807, 2.05) is 12.1 Å². The minimum Gasteiger partial charge on any atom is -0.547 e. The number of hydroxylamine groups is 2. The zero-order valence-electron chi connectivity index (χ0n) is 18.8. The van der Waals surface area contributed by atoms with Gasteiger partial charge in [0.2, 0.25) is 0 Å². The Morgan fingerprint density at radius 1 is 1.23 bits per heavy atom. The van der Waals surface area contributed by atoms with Gasteiger partial charge in [-0.1, -0.05) is 29.4 Å². The topological polar surface area (TPSA) is 102 Å². The fraction of sp³-hybridized carbons (Fsp3) is 0.455. The van der Waals surface area contributed by atoms with Crippen LogP contribution in [0.1, 0.15) is 53.0 Å². The van der Waals surface area contributed by atoms with Crippen molar-refractivity contribution in [2.45, 2.75) is 59.5 Å². The Balaban J connectivity index is 0.00000841. The van der Waals surface area contributed by atoms with E-state index >= 15 is 0 Å². The molecule has 2 N–H and O–H groups in total. The van der Waals surface area contributed by atoms with E-state index in [4.69, 9.17) is 4.74 Å². The maximum absolute atomic E-state index is 12.0. The molecular formula is C22H31KN2O5. The van der Waals surface area contributed by atoms with Crippen LogP contribution in [-0.2, 0) is 11.3 Å². The number of carboxylic acid groups (broad SMARTS) is 1. The van der Waals surface area contributed by atoms with E-state index in [0.717, 1.165) is 18.4 Å². The monoisotopic (exact) mass is 442 g/mol. The summed E-state index contributed by atoms with van der Waals surface area (Å²) < 4.78 is 5.73. The summed E-state index contributed by atoms with van der Waals surface area (Å²) >= 11 is 0. The van der Waals surface area contributed by atoms with Crippen molar-refractivity contribution in [2.75, 3.05) is 6.61 Å². The predicted octanol–water partition coefficient (Wildman–Crippen LogP) is 0.191. The zero-order chi connectivity index (χ0) is 22.0. The number of benzene rings is 1. The molecular weight excluding hydrogens is 411 g/mol. The van der Waals surface area contributed by atoms with Crippen LogP contribution >= 0.6 is 0 Å². The van der Waals surface area contributed by atoms with Crippen molar-refractivity contribution in [3.63, 3.8) is 0 Å². The van der Waals surface area contributed by atoms with Crippen LogP contribution < -0.4 is 66.5 Å². The number of carbonyl (C=O) groups excluding carboxylic acids is 2. The van der Waals surface area contributed by atoms with Crippen molar-refractivity contribution in [3.8, 4) is 5.75 Å². The number of urea groups is 1. The number of nitrogens with one attached hydrogen (secondary N) is 1. The summed E-state index contributed by atoms with van der Waals surface area (Å²) in [4.78, 5) is 23.0. The molecule has 0 heterocycles. The molecule has 0 radical (unpaired) electrons. The summed E-state index contributed by atoms with van der Waals surface area (Å²) in [5.41, 5.74) is 1.47. The van der Waals surface area contributed by atoms with Gasteiger partial charge in [-0.25, -0.2) is 4.79 Å². The van der Waals surface area contributed by atoms with Crippen LogP contribution in [-0.4, -0.2) is 34.4 Å². The molecule has 2 amide bonds. The van der Waals surface area contributed by atoms with Crippen LogP contribution in [0.3, 0.4) is 0 Å². The second kappa shape index (κ2) is 14.0. The van der Waals surface area contributed by atoms with Crippen molar-refractivity contribution in [3.05, 3.63) is 53.1 Å². The number of hydrogen-bond acceptors (Lipinski definition) is 5. The standard InChI is InChI=1S/C22H32N2O5.K/c1-16(2)8-6-9-17(3)12-13-29-19-11-7-10-18(14-19)15-23-21(27)24(28)22(4,5)20(25)26;/h7-8,10-12,14,28H,6,9,13,15H2,1-5H3,(H,23,27)(H,25,26);/q;+1/p-1/b17-12+;. The molecule has 30 heavy (non-hydrogen) atoms. The van der Waals surface area contributed by atoms with Gasteiger partial charge in [0.1, 0.15) is 17.9 Å². The van der Waals surface area contributed by atoms with Gasteiger partial charge in [0.05, 0.1) is 5.97 Å². The van der Waals surface area contributed by atoms with Crippen molar-refractivity contribution in [2.24, 2.45) is 0 Å². The molecule has 1 rings (SSSR count). The summed E-state index contributed by atoms with van der Waals surface area (Å²) in [6.07, 6.45) is 6.24. The zero-order valence-corrected chi connectivity index (χ0v) is 21.9. The maximum Gasteiger partial charge on any atom is 1.00 e. The first-order valence-electron chi connectivity index (χ1n) is 9.53.